The number of methoxy groups -OCH3 is 1. The average molecular weight is 321 g/mol. The van der Waals surface area contributed by atoms with Gasteiger partial charge in [0, 0.05) is 19.0 Å². The van der Waals surface area contributed by atoms with Gasteiger partial charge in [-0.05, 0) is 23.1 Å². The maximum atomic E-state index is 11.6. The van der Waals surface area contributed by atoms with Crippen LogP contribution in [-0.4, -0.2) is 37.6 Å². The lowest BCUT2D eigenvalue weighted by molar-refractivity contribution is -0.141. The maximum Gasteiger partial charge on any atom is 0.319 e. The molecule has 0 amide bonds. The van der Waals surface area contributed by atoms with Crippen LogP contribution in [0.25, 0.3) is 0 Å². The van der Waals surface area contributed by atoms with Gasteiger partial charge in [-0.3, -0.25) is 9.69 Å². The molecule has 124 valence electrons. The number of carbonyl (C=O) groups excluding carboxylic acids is 1. The van der Waals surface area contributed by atoms with E-state index >= 15 is 0 Å². The van der Waals surface area contributed by atoms with E-state index in [1.54, 1.807) is 0 Å². The Morgan fingerprint density at radius 3 is 2.17 bits per heavy atom. The van der Waals surface area contributed by atoms with E-state index in [9.17, 15) is 4.79 Å². The minimum Gasteiger partial charge on any atom is -0.468 e. The number of nitrogens with zero attached hydrogens (tertiary/aromatic N) is 1. The molecule has 0 saturated heterocycles. The van der Waals surface area contributed by atoms with Crippen molar-refractivity contribution in [2.24, 2.45) is 0 Å². The first-order valence-corrected chi connectivity index (χ1v) is 8.36. The molecular formula is C21H23NO2. The van der Waals surface area contributed by atoms with Crippen LogP contribution >= 0.6 is 0 Å². The zero-order valence-electron chi connectivity index (χ0n) is 14.0. The van der Waals surface area contributed by atoms with E-state index in [1.165, 1.54) is 23.8 Å². The summed E-state index contributed by atoms with van der Waals surface area (Å²) in [5, 5.41) is 0. The summed E-state index contributed by atoms with van der Waals surface area (Å²) in [7, 11) is 1.44. The number of ether oxygens (including phenoxy) is 1. The monoisotopic (exact) mass is 321 g/mol. The van der Waals surface area contributed by atoms with Crippen molar-refractivity contribution in [2.45, 2.75) is 12.3 Å². The lowest BCUT2D eigenvalue weighted by Gasteiger charge is -2.31. The molecule has 24 heavy (non-hydrogen) atoms. The summed E-state index contributed by atoms with van der Waals surface area (Å²) in [6.07, 6.45) is 3.29. The Balaban J connectivity index is 1.89. The lowest BCUT2D eigenvalue weighted by Crippen LogP contribution is -2.36. The minimum atomic E-state index is -0.174. The van der Waals surface area contributed by atoms with Crippen LogP contribution in [0.5, 0.6) is 0 Å². The third-order valence-electron chi connectivity index (χ3n) is 4.48. The molecule has 1 aliphatic heterocycles. The predicted molar refractivity (Wildman–Crippen MR) is 95.9 cm³/mol. The molecule has 0 spiro atoms. The van der Waals surface area contributed by atoms with Crippen LogP contribution in [0.4, 0.5) is 0 Å². The normalized spacial score (nSPS) is 15.2. The number of rotatable bonds is 5. The Bertz CT molecular complexity index is 655. The van der Waals surface area contributed by atoms with Gasteiger partial charge in [0.05, 0.1) is 13.7 Å². The molecule has 0 saturated carbocycles. The molecular weight excluding hydrogens is 298 g/mol. The minimum absolute atomic E-state index is 0.174. The summed E-state index contributed by atoms with van der Waals surface area (Å²) in [5.74, 6) is 0.0556. The van der Waals surface area contributed by atoms with Crippen molar-refractivity contribution in [1.29, 1.82) is 0 Å². The summed E-state index contributed by atoms with van der Waals surface area (Å²) in [6, 6.07) is 21.1. The first-order chi connectivity index (χ1) is 11.8. The second-order valence-corrected chi connectivity index (χ2v) is 6.11. The number of hydrogen-bond donors (Lipinski definition) is 0. The highest BCUT2D eigenvalue weighted by molar-refractivity contribution is 5.71. The topological polar surface area (TPSA) is 29.5 Å². The zero-order chi connectivity index (χ0) is 16.8. The van der Waals surface area contributed by atoms with E-state index in [0.717, 1.165) is 19.5 Å². The molecule has 1 heterocycles. The van der Waals surface area contributed by atoms with Gasteiger partial charge >= 0.3 is 5.97 Å². The average Bonchev–Trinajstić information content (AvgIpc) is 2.64. The van der Waals surface area contributed by atoms with Gasteiger partial charge in [-0.15, -0.1) is 0 Å². The van der Waals surface area contributed by atoms with E-state index in [1.807, 2.05) is 12.1 Å². The number of esters is 1. The first-order valence-electron chi connectivity index (χ1n) is 8.36. The first kappa shape index (κ1) is 16.5. The van der Waals surface area contributed by atoms with Crippen molar-refractivity contribution in [3.63, 3.8) is 0 Å². The summed E-state index contributed by atoms with van der Waals surface area (Å²) in [4.78, 5) is 13.8. The second kappa shape index (κ2) is 7.93. The van der Waals surface area contributed by atoms with Crippen LogP contribution < -0.4 is 0 Å². The smallest absolute Gasteiger partial charge is 0.319 e. The van der Waals surface area contributed by atoms with Crippen LogP contribution in [0, 0.1) is 0 Å². The Morgan fingerprint density at radius 2 is 1.62 bits per heavy atom. The third kappa shape index (κ3) is 3.92. The van der Waals surface area contributed by atoms with E-state index < -0.39 is 0 Å². The number of benzene rings is 2. The van der Waals surface area contributed by atoms with E-state index in [2.05, 4.69) is 59.5 Å². The van der Waals surface area contributed by atoms with Gasteiger partial charge in [-0.1, -0.05) is 66.7 Å². The van der Waals surface area contributed by atoms with E-state index in [-0.39, 0.29) is 11.9 Å². The van der Waals surface area contributed by atoms with Gasteiger partial charge in [0.1, 0.15) is 0 Å². The predicted octanol–water partition coefficient (Wildman–Crippen LogP) is 3.62. The highest BCUT2D eigenvalue weighted by Crippen LogP contribution is 2.33. The van der Waals surface area contributed by atoms with Crippen molar-refractivity contribution in [2.75, 3.05) is 26.7 Å². The number of carbonyl (C=O) groups is 1. The van der Waals surface area contributed by atoms with E-state index in [4.69, 9.17) is 4.74 Å². The maximum absolute atomic E-state index is 11.6. The van der Waals surface area contributed by atoms with Crippen LogP contribution in [0.15, 0.2) is 72.3 Å². The fraction of sp³-hybridized carbons (Fsp3) is 0.286. The quantitative estimate of drug-likeness (QED) is 0.622. The van der Waals surface area contributed by atoms with Gasteiger partial charge in [-0.2, -0.15) is 0 Å². The SMILES string of the molecule is COC(=O)CN1CCC=C(C(c2ccccc2)c2ccccc2)C1. The molecule has 3 nitrogen and oxygen atoms in total. The molecule has 0 fully saturated rings. The molecule has 2 aromatic carbocycles. The second-order valence-electron chi connectivity index (χ2n) is 6.11. The Morgan fingerprint density at radius 1 is 1.04 bits per heavy atom. The number of hydrogen-bond acceptors (Lipinski definition) is 3. The highest BCUT2D eigenvalue weighted by Gasteiger charge is 2.24. The van der Waals surface area contributed by atoms with E-state index in [0.29, 0.717) is 6.54 Å². The molecule has 3 rings (SSSR count). The van der Waals surface area contributed by atoms with Gasteiger partial charge in [-0.25, -0.2) is 0 Å². The Labute approximate surface area is 143 Å². The third-order valence-corrected chi connectivity index (χ3v) is 4.48. The molecule has 0 N–H and O–H groups in total. The van der Waals surface area contributed by atoms with Crippen molar-refractivity contribution in [1.82, 2.24) is 4.90 Å². The lowest BCUT2D eigenvalue weighted by atomic mass is 9.83. The van der Waals surface area contributed by atoms with Gasteiger partial charge in [0.2, 0.25) is 0 Å². The molecule has 0 aromatic heterocycles. The van der Waals surface area contributed by atoms with Crippen LogP contribution in [0.2, 0.25) is 0 Å². The largest absolute Gasteiger partial charge is 0.468 e. The van der Waals surface area contributed by atoms with Crippen LogP contribution in [0.1, 0.15) is 23.5 Å². The van der Waals surface area contributed by atoms with Crippen LogP contribution in [-0.2, 0) is 9.53 Å². The van der Waals surface area contributed by atoms with Crippen molar-refractivity contribution >= 4 is 5.97 Å². The molecule has 2 aromatic rings. The summed E-state index contributed by atoms with van der Waals surface area (Å²) in [5.41, 5.74) is 3.92. The molecule has 0 bridgehead atoms. The standard InChI is InChI=1S/C21H23NO2/c1-24-20(23)16-22-14-8-13-19(15-22)21(17-9-4-2-5-10-17)18-11-6-3-7-12-18/h2-7,9-13,21H,8,14-16H2,1H3. The highest BCUT2D eigenvalue weighted by atomic mass is 16.5. The van der Waals surface area contributed by atoms with Gasteiger partial charge < -0.3 is 4.74 Å². The molecule has 3 heteroatoms. The fourth-order valence-electron chi connectivity index (χ4n) is 3.34. The summed E-state index contributed by atoms with van der Waals surface area (Å²) >= 11 is 0. The molecule has 0 atom stereocenters. The molecule has 0 aliphatic carbocycles. The van der Waals surface area contributed by atoms with Crippen LogP contribution in [0.3, 0.4) is 0 Å². The van der Waals surface area contributed by atoms with Gasteiger partial charge in [0.15, 0.2) is 0 Å². The molecule has 0 unspecified atom stereocenters. The fourth-order valence-corrected chi connectivity index (χ4v) is 3.34. The van der Waals surface area contributed by atoms with Gasteiger partial charge in [0.25, 0.3) is 0 Å². The molecule has 0 radical (unpaired) electrons. The Hall–Kier alpha value is -2.39. The van der Waals surface area contributed by atoms with Crippen molar-refractivity contribution in [3.05, 3.63) is 83.4 Å². The summed E-state index contributed by atoms with van der Waals surface area (Å²) < 4.78 is 4.82. The Kier molecular flexibility index (Phi) is 5.44. The molecule has 1 aliphatic rings. The zero-order valence-corrected chi connectivity index (χ0v) is 14.0. The van der Waals surface area contributed by atoms with Crippen molar-refractivity contribution < 1.29 is 9.53 Å². The van der Waals surface area contributed by atoms with Crippen molar-refractivity contribution in [3.8, 4) is 0 Å². The summed E-state index contributed by atoms with van der Waals surface area (Å²) in [6.45, 7) is 2.04.